The summed E-state index contributed by atoms with van der Waals surface area (Å²) in [6.45, 7) is 6.32. The number of nitrogens with zero attached hydrogens (tertiary/aromatic N) is 1. The van der Waals surface area contributed by atoms with Gasteiger partial charge in [-0.05, 0) is 39.5 Å². The summed E-state index contributed by atoms with van der Waals surface area (Å²) in [7, 11) is 0. The van der Waals surface area contributed by atoms with Crippen LogP contribution in [0.3, 0.4) is 0 Å². The van der Waals surface area contributed by atoms with Crippen molar-refractivity contribution < 1.29 is 14.6 Å². The van der Waals surface area contributed by atoms with Crippen molar-refractivity contribution >= 4 is 6.09 Å². The number of ether oxygens (including phenoxy) is 1. The Labute approximate surface area is 90.2 Å². The van der Waals surface area contributed by atoms with Crippen LogP contribution in [-0.2, 0) is 4.74 Å². The van der Waals surface area contributed by atoms with E-state index in [0.717, 1.165) is 19.4 Å². The number of aliphatic hydroxyl groups excluding tert-OH is 1. The van der Waals surface area contributed by atoms with Crippen LogP contribution in [-0.4, -0.2) is 40.4 Å². The number of hydrogen-bond donors (Lipinski definition) is 1. The van der Waals surface area contributed by atoms with Crippen LogP contribution in [0.25, 0.3) is 0 Å². The van der Waals surface area contributed by atoms with Gasteiger partial charge in [0.1, 0.15) is 5.60 Å². The van der Waals surface area contributed by atoms with Gasteiger partial charge in [0.15, 0.2) is 0 Å². The van der Waals surface area contributed by atoms with Gasteiger partial charge in [-0.2, -0.15) is 0 Å². The number of carbonyl (C=O) groups excluding carboxylic acids is 1. The standard InChI is InChI=1S/C11H19NO3/c1-11(2,3)15-10(14)12-6-7-4-8(12)9(13)5-7/h7-9,13H,4-6H2,1-3H3/t7-,8-,9+/m1/s1. The van der Waals surface area contributed by atoms with Crippen LogP contribution >= 0.6 is 0 Å². The van der Waals surface area contributed by atoms with Crippen molar-refractivity contribution in [3.8, 4) is 0 Å². The third-order valence-corrected chi connectivity index (χ3v) is 3.08. The Balaban J connectivity index is 1.98. The fourth-order valence-corrected chi connectivity index (χ4v) is 2.52. The second kappa shape index (κ2) is 3.37. The van der Waals surface area contributed by atoms with Crippen LogP contribution in [0.1, 0.15) is 33.6 Å². The molecule has 1 saturated heterocycles. The van der Waals surface area contributed by atoms with E-state index in [9.17, 15) is 9.90 Å². The summed E-state index contributed by atoms with van der Waals surface area (Å²) in [6.07, 6.45) is 1.13. The highest BCUT2D eigenvalue weighted by atomic mass is 16.6. The van der Waals surface area contributed by atoms with Gasteiger partial charge in [0.05, 0.1) is 12.1 Å². The van der Waals surface area contributed by atoms with E-state index >= 15 is 0 Å². The van der Waals surface area contributed by atoms with Gasteiger partial charge >= 0.3 is 6.09 Å². The van der Waals surface area contributed by atoms with Crippen molar-refractivity contribution in [2.24, 2.45) is 5.92 Å². The molecular formula is C11H19NO3. The average molecular weight is 213 g/mol. The first-order valence-electron chi connectivity index (χ1n) is 5.54. The summed E-state index contributed by atoms with van der Waals surface area (Å²) in [5, 5.41) is 9.69. The largest absolute Gasteiger partial charge is 0.444 e. The van der Waals surface area contributed by atoms with Crippen molar-refractivity contribution in [1.82, 2.24) is 4.90 Å². The number of piperidine rings is 1. The van der Waals surface area contributed by atoms with E-state index in [0.29, 0.717) is 5.92 Å². The molecule has 2 bridgehead atoms. The molecule has 1 N–H and O–H groups in total. The van der Waals surface area contributed by atoms with Crippen molar-refractivity contribution in [2.75, 3.05) is 6.54 Å². The number of rotatable bonds is 0. The summed E-state index contributed by atoms with van der Waals surface area (Å²) in [5.41, 5.74) is -0.454. The van der Waals surface area contributed by atoms with Crippen LogP contribution in [0.4, 0.5) is 4.79 Å². The van der Waals surface area contributed by atoms with Crippen molar-refractivity contribution in [3.63, 3.8) is 0 Å². The number of amides is 1. The lowest BCUT2D eigenvalue weighted by atomic mass is 10.1. The molecule has 2 rings (SSSR count). The Hall–Kier alpha value is -0.770. The molecule has 0 aromatic carbocycles. The smallest absolute Gasteiger partial charge is 0.410 e. The highest BCUT2D eigenvalue weighted by Gasteiger charge is 2.47. The zero-order valence-electron chi connectivity index (χ0n) is 9.56. The minimum absolute atomic E-state index is 0.00940. The second-order valence-corrected chi connectivity index (χ2v) is 5.60. The van der Waals surface area contributed by atoms with Gasteiger partial charge in [0.25, 0.3) is 0 Å². The average Bonchev–Trinajstić information content (AvgIpc) is 2.58. The molecule has 15 heavy (non-hydrogen) atoms. The lowest BCUT2D eigenvalue weighted by Gasteiger charge is -2.32. The molecule has 0 spiro atoms. The normalized spacial score (nSPS) is 34.7. The molecule has 0 aromatic rings. The van der Waals surface area contributed by atoms with Crippen molar-refractivity contribution in [3.05, 3.63) is 0 Å². The molecule has 1 aliphatic heterocycles. The van der Waals surface area contributed by atoms with E-state index in [4.69, 9.17) is 4.74 Å². The van der Waals surface area contributed by atoms with E-state index < -0.39 is 5.60 Å². The van der Waals surface area contributed by atoms with Gasteiger partial charge < -0.3 is 14.7 Å². The van der Waals surface area contributed by atoms with Gasteiger partial charge in [-0.1, -0.05) is 0 Å². The molecule has 1 amide bonds. The van der Waals surface area contributed by atoms with Gasteiger partial charge in [-0.3, -0.25) is 0 Å². The van der Waals surface area contributed by atoms with E-state index in [2.05, 4.69) is 0 Å². The molecule has 1 heterocycles. The fourth-order valence-electron chi connectivity index (χ4n) is 2.52. The summed E-state index contributed by atoms with van der Waals surface area (Å²) >= 11 is 0. The minimum Gasteiger partial charge on any atom is -0.444 e. The maximum atomic E-state index is 11.8. The highest BCUT2D eigenvalue weighted by molar-refractivity contribution is 5.69. The van der Waals surface area contributed by atoms with E-state index in [1.165, 1.54) is 0 Å². The lowest BCUT2D eigenvalue weighted by Crippen LogP contribution is -2.46. The first-order chi connectivity index (χ1) is 6.87. The Bertz CT molecular complexity index is 271. The van der Waals surface area contributed by atoms with E-state index in [-0.39, 0.29) is 18.2 Å². The zero-order chi connectivity index (χ0) is 11.2. The fraction of sp³-hybridized carbons (Fsp3) is 0.909. The maximum Gasteiger partial charge on any atom is 0.410 e. The molecule has 2 aliphatic rings. The molecule has 1 aliphatic carbocycles. The molecule has 0 radical (unpaired) electrons. The SMILES string of the molecule is CC(C)(C)OC(=O)N1C[C@@H]2C[C@@H]1[C@@H](O)C2. The van der Waals surface area contributed by atoms with Gasteiger partial charge in [-0.15, -0.1) is 0 Å². The van der Waals surface area contributed by atoms with E-state index in [1.54, 1.807) is 4.90 Å². The number of hydrogen-bond acceptors (Lipinski definition) is 3. The third-order valence-electron chi connectivity index (χ3n) is 3.08. The summed E-state index contributed by atoms with van der Waals surface area (Å²) in [5.74, 6) is 0.470. The van der Waals surface area contributed by atoms with Gasteiger partial charge in [-0.25, -0.2) is 4.79 Å². The van der Waals surface area contributed by atoms with Gasteiger partial charge in [0, 0.05) is 6.54 Å². The molecule has 4 heteroatoms. The Morgan fingerprint density at radius 2 is 2.07 bits per heavy atom. The zero-order valence-corrected chi connectivity index (χ0v) is 9.56. The van der Waals surface area contributed by atoms with Crippen molar-refractivity contribution in [1.29, 1.82) is 0 Å². The Morgan fingerprint density at radius 1 is 1.40 bits per heavy atom. The Kier molecular flexibility index (Phi) is 2.41. The molecule has 86 valence electrons. The minimum atomic E-state index is -0.454. The molecular weight excluding hydrogens is 194 g/mol. The monoisotopic (exact) mass is 213 g/mol. The highest BCUT2D eigenvalue weighted by Crippen LogP contribution is 2.38. The number of likely N-dealkylation sites (tertiary alicyclic amines) is 1. The third kappa shape index (κ3) is 2.09. The van der Waals surface area contributed by atoms with Crippen LogP contribution in [0.2, 0.25) is 0 Å². The number of fused-ring (bicyclic) bond motifs is 2. The van der Waals surface area contributed by atoms with Crippen LogP contribution in [0.15, 0.2) is 0 Å². The first kappa shape index (κ1) is 10.7. The summed E-state index contributed by atoms with van der Waals surface area (Å²) in [6, 6.07) is -0.00940. The topological polar surface area (TPSA) is 49.8 Å². The maximum absolute atomic E-state index is 11.8. The molecule has 3 atom stereocenters. The predicted molar refractivity (Wildman–Crippen MR) is 55.5 cm³/mol. The molecule has 0 unspecified atom stereocenters. The number of aliphatic hydroxyl groups is 1. The van der Waals surface area contributed by atoms with E-state index in [1.807, 2.05) is 20.8 Å². The lowest BCUT2D eigenvalue weighted by molar-refractivity contribution is -0.00176. The van der Waals surface area contributed by atoms with Crippen LogP contribution in [0.5, 0.6) is 0 Å². The Morgan fingerprint density at radius 3 is 2.53 bits per heavy atom. The second-order valence-electron chi connectivity index (χ2n) is 5.60. The van der Waals surface area contributed by atoms with Crippen molar-refractivity contribution in [2.45, 2.75) is 51.4 Å². The quantitative estimate of drug-likeness (QED) is 0.661. The molecule has 2 fully saturated rings. The molecule has 0 aromatic heterocycles. The summed E-state index contributed by atoms with van der Waals surface area (Å²) in [4.78, 5) is 13.5. The summed E-state index contributed by atoms with van der Waals surface area (Å²) < 4.78 is 5.30. The van der Waals surface area contributed by atoms with Crippen LogP contribution < -0.4 is 0 Å². The predicted octanol–water partition coefficient (Wildman–Crippen LogP) is 1.38. The molecule has 4 nitrogen and oxygen atoms in total. The first-order valence-corrected chi connectivity index (χ1v) is 5.54. The van der Waals surface area contributed by atoms with Crippen LogP contribution in [0, 0.1) is 5.92 Å². The van der Waals surface area contributed by atoms with Gasteiger partial charge in [0.2, 0.25) is 0 Å². The number of carbonyl (C=O) groups is 1. The molecule has 1 saturated carbocycles.